The van der Waals surface area contributed by atoms with Gasteiger partial charge in [-0.2, -0.15) is 0 Å². The van der Waals surface area contributed by atoms with Gasteiger partial charge in [0.25, 0.3) is 0 Å². The van der Waals surface area contributed by atoms with Crippen molar-refractivity contribution in [2.75, 3.05) is 6.61 Å². The monoisotopic (exact) mass is 202 g/mol. The molecule has 2 heteroatoms. The summed E-state index contributed by atoms with van der Waals surface area (Å²) >= 11 is 0. The average Bonchev–Trinajstić information content (AvgIpc) is 2.66. The van der Waals surface area contributed by atoms with E-state index >= 15 is 0 Å². The van der Waals surface area contributed by atoms with Crippen LogP contribution in [0.5, 0.6) is 5.75 Å². The Bertz CT molecular complexity index is 286. The summed E-state index contributed by atoms with van der Waals surface area (Å²) in [4.78, 5) is 0. The highest BCUT2D eigenvalue weighted by molar-refractivity contribution is 6.59. The van der Waals surface area contributed by atoms with E-state index in [4.69, 9.17) is 4.74 Å². The van der Waals surface area contributed by atoms with Crippen molar-refractivity contribution in [1.82, 2.24) is 0 Å². The third-order valence-corrected chi connectivity index (χ3v) is 3.34. The molecule has 1 aromatic rings. The van der Waals surface area contributed by atoms with Crippen LogP contribution < -0.4 is 4.74 Å². The largest absolute Gasteiger partial charge is 0.494 e. The summed E-state index contributed by atoms with van der Waals surface area (Å²) in [5, 5.41) is 0. The molecule has 0 N–H and O–H groups in total. The topological polar surface area (TPSA) is 9.23 Å². The first-order chi connectivity index (χ1) is 7.34. The van der Waals surface area contributed by atoms with Crippen molar-refractivity contribution in [3.63, 3.8) is 0 Å². The second-order valence-electron chi connectivity index (χ2n) is 4.73. The van der Waals surface area contributed by atoms with E-state index in [2.05, 4.69) is 6.92 Å². The SMILES string of the molecule is CC1CCB(CCOc2ccccc2)C1. The number of hydrogen-bond donors (Lipinski definition) is 0. The molecule has 80 valence electrons. The van der Waals surface area contributed by atoms with Gasteiger partial charge in [-0.25, -0.2) is 0 Å². The Balaban J connectivity index is 1.67. The molecule has 1 unspecified atom stereocenters. The summed E-state index contributed by atoms with van der Waals surface area (Å²) in [5.41, 5.74) is 0. The van der Waals surface area contributed by atoms with Crippen molar-refractivity contribution in [3.05, 3.63) is 30.3 Å². The third kappa shape index (κ3) is 3.30. The van der Waals surface area contributed by atoms with Crippen LogP contribution in [0, 0.1) is 5.92 Å². The molecular formula is C13H19BO. The zero-order valence-corrected chi connectivity index (χ0v) is 9.49. The summed E-state index contributed by atoms with van der Waals surface area (Å²) in [7, 11) is 0. The molecule has 0 spiro atoms. The lowest BCUT2D eigenvalue weighted by Crippen LogP contribution is -2.11. The molecule has 1 aliphatic rings. The van der Waals surface area contributed by atoms with Crippen LogP contribution in [0.25, 0.3) is 0 Å². The van der Waals surface area contributed by atoms with Crippen molar-refractivity contribution in [2.24, 2.45) is 5.92 Å². The maximum atomic E-state index is 5.70. The predicted molar refractivity (Wildman–Crippen MR) is 65.9 cm³/mol. The third-order valence-electron chi connectivity index (χ3n) is 3.34. The smallest absolute Gasteiger partial charge is 0.144 e. The molecule has 0 bridgehead atoms. The van der Waals surface area contributed by atoms with Crippen LogP contribution in [0.4, 0.5) is 0 Å². The van der Waals surface area contributed by atoms with Gasteiger partial charge in [-0.15, -0.1) is 0 Å². The fraction of sp³-hybridized carbons (Fsp3) is 0.538. The Hall–Kier alpha value is -0.915. The Labute approximate surface area is 92.9 Å². The summed E-state index contributed by atoms with van der Waals surface area (Å²) in [6.07, 6.45) is 5.44. The summed E-state index contributed by atoms with van der Waals surface area (Å²) < 4.78 is 5.70. The molecule has 0 aliphatic carbocycles. The molecule has 0 saturated carbocycles. The molecule has 2 rings (SSSR count). The van der Waals surface area contributed by atoms with E-state index in [1.807, 2.05) is 30.3 Å². The average molecular weight is 202 g/mol. The molecule has 1 aliphatic heterocycles. The second kappa shape index (κ2) is 5.25. The lowest BCUT2D eigenvalue weighted by atomic mass is 9.46. The molecule has 0 aromatic heterocycles. The minimum atomic E-state index is 0.876. The van der Waals surface area contributed by atoms with Crippen molar-refractivity contribution >= 4 is 6.71 Å². The fourth-order valence-electron chi connectivity index (χ4n) is 2.45. The van der Waals surface area contributed by atoms with Crippen LogP contribution in [-0.4, -0.2) is 13.3 Å². The zero-order valence-electron chi connectivity index (χ0n) is 9.49. The summed E-state index contributed by atoms with van der Waals surface area (Å²) in [5.74, 6) is 1.94. The Kier molecular flexibility index (Phi) is 3.71. The van der Waals surface area contributed by atoms with Crippen LogP contribution in [0.3, 0.4) is 0 Å². The van der Waals surface area contributed by atoms with E-state index in [0.29, 0.717) is 0 Å². The lowest BCUT2D eigenvalue weighted by Gasteiger charge is -2.08. The predicted octanol–water partition coefficient (Wildman–Crippen LogP) is 3.60. The minimum absolute atomic E-state index is 0.876. The van der Waals surface area contributed by atoms with Crippen molar-refractivity contribution in [1.29, 1.82) is 0 Å². The Morgan fingerprint density at radius 1 is 1.33 bits per heavy atom. The van der Waals surface area contributed by atoms with Crippen molar-refractivity contribution in [2.45, 2.75) is 32.3 Å². The minimum Gasteiger partial charge on any atom is -0.494 e. The van der Waals surface area contributed by atoms with Gasteiger partial charge in [0.15, 0.2) is 0 Å². The number of ether oxygens (including phenoxy) is 1. The molecule has 1 nitrogen and oxygen atoms in total. The normalized spacial score (nSPS) is 20.6. The second-order valence-corrected chi connectivity index (χ2v) is 4.73. The molecule has 1 aromatic carbocycles. The first-order valence-corrected chi connectivity index (χ1v) is 6.02. The van der Waals surface area contributed by atoms with Crippen molar-refractivity contribution < 1.29 is 4.74 Å². The Morgan fingerprint density at radius 2 is 2.13 bits per heavy atom. The van der Waals surface area contributed by atoms with Crippen LogP contribution >= 0.6 is 0 Å². The molecule has 0 radical (unpaired) electrons. The first kappa shape index (κ1) is 10.6. The van der Waals surface area contributed by atoms with E-state index in [1.54, 1.807) is 0 Å². The summed E-state index contributed by atoms with van der Waals surface area (Å²) in [6.45, 7) is 4.14. The van der Waals surface area contributed by atoms with Gasteiger partial charge in [-0.3, -0.25) is 0 Å². The quantitative estimate of drug-likeness (QED) is 0.677. The van der Waals surface area contributed by atoms with E-state index in [0.717, 1.165) is 25.0 Å². The number of para-hydroxylation sites is 1. The van der Waals surface area contributed by atoms with Crippen LogP contribution in [0.15, 0.2) is 30.3 Å². The molecule has 1 atom stereocenters. The number of benzene rings is 1. The number of rotatable bonds is 4. The standard InChI is InChI=1S/C13H19BO/c1-12-7-8-14(11-12)9-10-15-13-5-3-2-4-6-13/h2-6,12H,7-11H2,1H3. The van der Waals surface area contributed by atoms with Gasteiger partial charge in [-0.05, 0) is 18.5 Å². The van der Waals surface area contributed by atoms with Gasteiger partial charge in [0.1, 0.15) is 12.5 Å². The molecule has 0 amide bonds. The Morgan fingerprint density at radius 3 is 2.80 bits per heavy atom. The van der Waals surface area contributed by atoms with E-state index < -0.39 is 0 Å². The van der Waals surface area contributed by atoms with Gasteiger partial charge in [0.05, 0.1) is 6.61 Å². The fourth-order valence-corrected chi connectivity index (χ4v) is 2.45. The summed E-state index contributed by atoms with van der Waals surface area (Å²) in [6, 6.07) is 10.1. The first-order valence-electron chi connectivity index (χ1n) is 6.02. The van der Waals surface area contributed by atoms with Gasteiger partial charge in [0.2, 0.25) is 0 Å². The van der Waals surface area contributed by atoms with E-state index in [9.17, 15) is 0 Å². The maximum absolute atomic E-state index is 5.70. The van der Waals surface area contributed by atoms with Gasteiger partial charge < -0.3 is 4.74 Å². The van der Waals surface area contributed by atoms with Crippen LogP contribution in [-0.2, 0) is 0 Å². The van der Waals surface area contributed by atoms with Crippen molar-refractivity contribution in [3.8, 4) is 5.75 Å². The zero-order chi connectivity index (χ0) is 10.5. The highest BCUT2D eigenvalue weighted by Crippen LogP contribution is 2.28. The van der Waals surface area contributed by atoms with Gasteiger partial charge in [0, 0.05) is 0 Å². The van der Waals surface area contributed by atoms with Gasteiger partial charge >= 0.3 is 0 Å². The van der Waals surface area contributed by atoms with Gasteiger partial charge in [-0.1, -0.05) is 50.1 Å². The number of hydrogen-bond acceptors (Lipinski definition) is 1. The molecule has 15 heavy (non-hydrogen) atoms. The molecule has 1 saturated heterocycles. The highest BCUT2D eigenvalue weighted by atomic mass is 16.5. The maximum Gasteiger partial charge on any atom is 0.144 e. The van der Waals surface area contributed by atoms with E-state index in [-0.39, 0.29) is 0 Å². The van der Waals surface area contributed by atoms with Crippen LogP contribution in [0.1, 0.15) is 13.3 Å². The highest BCUT2D eigenvalue weighted by Gasteiger charge is 2.23. The molecule has 1 heterocycles. The lowest BCUT2D eigenvalue weighted by molar-refractivity contribution is 0.339. The molecular weight excluding hydrogens is 183 g/mol. The molecule has 1 fully saturated rings. The van der Waals surface area contributed by atoms with Crippen LogP contribution in [0.2, 0.25) is 19.0 Å². The van der Waals surface area contributed by atoms with E-state index in [1.165, 1.54) is 25.4 Å².